The second kappa shape index (κ2) is 6.16. The van der Waals surface area contributed by atoms with Gasteiger partial charge in [0.1, 0.15) is 0 Å². The van der Waals surface area contributed by atoms with Gasteiger partial charge in [0, 0.05) is 9.61 Å². The lowest BCUT2D eigenvalue weighted by molar-refractivity contribution is -0.133. The van der Waals surface area contributed by atoms with E-state index in [0.29, 0.717) is 12.0 Å². The number of aliphatic carboxylic acids is 1. The van der Waals surface area contributed by atoms with E-state index in [-0.39, 0.29) is 5.75 Å². The Bertz CT molecular complexity index is 686. The molecule has 2 atom stereocenters. The van der Waals surface area contributed by atoms with E-state index in [2.05, 4.69) is 57.3 Å². The summed E-state index contributed by atoms with van der Waals surface area (Å²) in [7, 11) is 0. The number of hydrogen-bond acceptors (Lipinski definition) is 3. The van der Waals surface area contributed by atoms with Crippen molar-refractivity contribution in [3.8, 4) is 0 Å². The van der Waals surface area contributed by atoms with Gasteiger partial charge in [0.05, 0.1) is 16.8 Å². The lowest BCUT2D eigenvalue weighted by atomic mass is 10.1. The van der Waals surface area contributed by atoms with E-state index in [0.717, 1.165) is 26.2 Å². The molecule has 4 nitrogen and oxygen atoms in total. The number of carboxylic acid groups (broad SMARTS) is 1. The molecule has 2 aromatic rings. The van der Waals surface area contributed by atoms with E-state index >= 15 is 0 Å². The SMILES string of the molecule is CC1CCCC1n1c(SCC(=O)O)nc2cc(I)ccc21. The first-order valence-corrected chi connectivity index (χ1v) is 9.15. The number of nitrogens with zero attached hydrogens (tertiary/aromatic N) is 2. The average molecular weight is 416 g/mol. The van der Waals surface area contributed by atoms with Gasteiger partial charge in [-0.25, -0.2) is 4.98 Å². The van der Waals surface area contributed by atoms with E-state index in [1.807, 2.05) is 0 Å². The summed E-state index contributed by atoms with van der Waals surface area (Å²) in [5.74, 6) is -0.125. The minimum absolute atomic E-state index is 0.0571. The minimum atomic E-state index is -0.798. The first kappa shape index (κ1) is 15.1. The van der Waals surface area contributed by atoms with E-state index in [1.165, 1.54) is 24.6 Å². The molecule has 1 aliphatic rings. The van der Waals surface area contributed by atoms with Gasteiger partial charge in [0.15, 0.2) is 5.16 Å². The predicted octanol–water partition coefficient (Wildman–Crippen LogP) is 4.18. The van der Waals surface area contributed by atoms with Crippen molar-refractivity contribution >= 4 is 51.4 Å². The van der Waals surface area contributed by atoms with Crippen molar-refractivity contribution in [2.75, 3.05) is 5.75 Å². The molecule has 2 unspecified atom stereocenters. The zero-order valence-corrected chi connectivity index (χ0v) is 14.7. The van der Waals surface area contributed by atoms with Crippen molar-refractivity contribution < 1.29 is 9.90 Å². The van der Waals surface area contributed by atoms with Gasteiger partial charge < -0.3 is 9.67 Å². The van der Waals surface area contributed by atoms with Crippen molar-refractivity contribution in [1.29, 1.82) is 0 Å². The molecule has 6 heteroatoms. The molecule has 3 rings (SSSR count). The monoisotopic (exact) mass is 416 g/mol. The minimum Gasteiger partial charge on any atom is -0.481 e. The Balaban J connectivity index is 2.08. The normalized spacial score (nSPS) is 22.0. The molecule has 0 spiro atoms. The Hall–Kier alpha value is -0.760. The van der Waals surface area contributed by atoms with Crippen molar-refractivity contribution in [2.24, 2.45) is 5.92 Å². The number of fused-ring (bicyclic) bond motifs is 1. The second-order valence-electron chi connectivity index (χ2n) is 5.56. The number of carbonyl (C=O) groups is 1. The van der Waals surface area contributed by atoms with Crippen molar-refractivity contribution in [3.05, 3.63) is 21.8 Å². The third-order valence-electron chi connectivity index (χ3n) is 4.09. The maximum atomic E-state index is 10.9. The quantitative estimate of drug-likeness (QED) is 0.600. The van der Waals surface area contributed by atoms with Crippen LogP contribution in [0.2, 0.25) is 0 Å². The van der Waals surface area contributed by atoms with Gasteiger partial charge in [-0.3, -0.25) is 4.79 Å². The zero-order chi connectivity index (χ0) is 15.0. The standard InChI is InChI=1S/C15H17IN2O2S/c1-9-3-2-4-12(9)18-13-6-5-10(16)7-11(13)17-15(18)21-8-14(19)20/h5-7,9,12H,2-4,8H2,1H3,(H,19,20). The fraction of sp³-hybridized carbons (Fsp3) is 0.467. The van der Waals surface area contributed by atoms with Gasteiger partial charge in [-0.05, 0) is 59.5 Å². The number of benzene rings is 1. The van der Waals surface area contributed by atoms with Gasteiger partial charge in [0.2, 0.25) is 0 Å². The molecule has 1 heterocycles. The summed E-state index contributed by atoms with van der Waals surface area (Å²) in [6, 6.07) is 6.70. The molecule has 1 saturated carbocycles. The molecule has 0 aliphatic heterocycles. The summed E-state index contributed by atoms with van der Waals surface area (Å²) >= 11 is 3.61. The van der Waals surface area contributed by atoms with E-state index < -0.39 is 5.97 Å². The predicted molar refractivity (Wildman–Crippen MR) is 92.9 cm³/mol. The summed E-state index contributed by atoms with van der Waals surface area (Å²) in [5, 5.41) is 9.78. The number of rotatable bonds is 4. The van der Waals surface area contributed by atoms with Crippen LogP contribution in [0.25, 0.3) is 11.0 Å². The third-order valence-corrected chi connectivity index (χ3v) is 5.70. The van der Waals surface area contributed by atoms with Gasteiger partial charge in [-0.1, -0.05) is 25.1 Å². The van der Waals surface area contributed by atoms with Crippen LogP contribution in [0.5, 0.6) is 0 Å². The largest absolute Gasteiger partial charge is 0.481 e. The molecule has 1 fully saturated rings. The highest BCUT2D eigenvalue weighted by atomic mass is 127. The molecule has 1 aliphatic carbocycles. The number of halogens is 1. The van der Waals surface area contributed by atoms with Crippen molar-refractivity contribution in [2.45, 2.75) is 37.4 Å². The summed E-state index contributed by atoms with van der Waals surface area (Å²) in [6.45, 7) is 2.28. The highest BCUT2D eigenvalue weighted by Gasteiger charge is 2.28. The molecule has 1 aromatic heterocycles. The van der Waals surface area contributed by atoms with Gasteiger partial charge in [-0.2, -0.15) is 0 Å². The van der Waals surface area contributed by atoms with Gasteiger partial charge in [-0.15, -0.1) is 0 Å². The Labute approximate surface area is 141 Å². The zero-order valence-electron chi connectivity index (χ0n) is 11.8. The summed E-state index contributed by atoms with van der Waals surface area (Å²) in [6.07, 6.45) is 3.62. The number of carboxylic acids is 1. The summed E-state index contributed by atoms with van der Waals surface area (Å²) < 4.78 is 3.43. The van der Waals surface area contributed by atoms with Crippen LogP contribution < -0.4 is 0 Å². The summed E-state index contributed by atoms with van der Waals surface area (Å²) in [5.41, 5.74) is 2.09. The average Bonchev–Trinajstić information content (AvgIpc) is 2.98. The molecule has 1 aromatic carbocycles. The van der Waals surface area contributed by atoms with Crippen LogP contribution >= 0.6 is 34.4 Å². The lowest BCUT2D eigenvalue weighted by Crippen LogP contribution is -2.13. The second-order valence-corrected chi connectivity index (χ2v) is 7.74. The molecule has 21 heavy (non-hydrogen) atoms. The third kappa shape index (κ3) is 3.06. The lowest BCUT2D eigenvalue weighted by Gasteiger charge is -2.20. The van der Waals surface area contributed by atoms with Crippen LogP contribution in [0.4, 0.5) is 0 Å². The molecule has 0 saturated heterocycles. The molecular formula is C15H17IN2O2S. The first-order valence-electron chi connectivity index (χ1n) is 7.08. The fourth-order valence-electron chi connectivity index (χ4n) is 3.11. The molecular weight excluding hydrogens is 399 g/mol. The Kier molecular flexibility index (Phi) is 4.44. The fourth-order valence-corrected chi connectivity index (χ4v) is 4.37. The molecule has 0 radical (unpaired) electrons. The van der Waals surface area contributed by atoms with Gasteiger partial charge >= 0.3 is 5.97 Å². The van der Waals surface area contributed by atoms with Crippen molar-refractivity contribution in [1.82, 2.24) is 9.55 Å². The van der Waals surface area contributed by atoms with Crippen molar-refractivity contribution in [3.63, 3.8) is 0 Å². The van der Waals surface area contributed by atoms with E-state index in [1.54, 1.807) is 0 Å². The molecule has 0 bridgehead atoms. The van der Waals surface area contributed by atoms with Crippen LogP contribution in [0, 0.1) is 9.49 Å². The van der Waals surface area contributed by atoms with Crippen LogP contribution in [0.1, 0.15) is 32.2 Å². The van der Waals surface area contributed by atoms with Crippen LogP contribution in [0.15, 0.2) is 23.4 Å². The topological polar surface area (TPSA) is 55.1 Å². The number of imidazole rings is 1. The Morgan fingerprint density at radius 3 is 3.00 bits per heavy atom. The smallest absolute Gasteiger partial charge is 0.313 e. The Morgan fingerprint density at radius 2 is 2.33 bits per heavy atom. The van der Waals surface area contributed by atoms with Gasteiger partial charge in [0.25, 0.3) is 0 Å². The Morgan fingerprint density at radius 1 is 1.52 bits per heavy atom. The molecule has 0 amide bonds. The maximum absolute atomic E-state index is 10.9. The maximum Gasteiger partial charge on any atom is 0.313 e. The molecule has 112 valence electrons. The molecule has 1 N–H and O–H groups in total. The van der Waals surface area contributed by atoms with Crippen LogP contribution in [0.3, 0.4) is 0 Å². The van der Waals surface area contributed by atoms with Crippen LogP contribution in [-0.4, -0.2) is 26.4 Å². The van der Waals surface area contributed by atoms with E-state index in [4.69, 9.17) is 5.11 Å². The number of hydrogen-bond donors (Lipinski definition) is 1. The summed E-state index contributed by atoms with van der Waals surface area (Å²) in [4.78, 5) is 15.6. The highest BCUT2D eigenvalue weighted by Crippen LogP contribution is 2.40. The van der Waals surface area contributed by atoms with E-state index in [9.17, 15) is 4.79 Å². The highest BCUT2D eigenvalue weighted by molar-refractivity contribution is 14.1. The number of thioether (sulfide) groups is 1. The van der Waals surface area contributed by atoms with Crippen LogP contribution in [-0.2, 0) is 4.79 Å². The number of aromatic nitrogens is 2. The first-order chi connectivity index (χ1) is 10.1.